The minimum Gasteiger partial charge on any atom is -0.394 e. The van der Waals surface area contributed by atoms with Crippen molar-refractivity contribution in [2.24, 2.45) is 0 Å². The fourth-order valence-electron chi connectivity index (χ4n) is 0.790. The van der Waals surface area contributed by atoms with Crippen LogP contribution in [-0.2, 0) is 11.3 Å². The maximum Gasteiger partial charge on any atom is 0.232 e. The van der Waals surface area contributed by atoms with Crippen molar-refractivity contribution < 1.29 is 9.90 Å². The molecule has 0 spiro atoms. The summed E-state index contributed by atoms with van der Waals surface area (Å²) in [5.41, 5.74) is 0. The molecule has 0 unspecified atom stereocenters. The van der Waals surface area contributed by atoms with Gasteiger partial charge in [0.2, 0.25) is 11.1 Å². The first-order valence-corrected chi connectivity index (χ1v) is 5.33. The SMILES string of the molecule is CN(C)C(=O)CSc1nnnn1CCO. The zero-order chi connectivity index (χ0) is 11.3. The Kier molecular flexibility index (Phi) is 4.50. The molecule has 1 rings (SSSR count). The molecule has 15 heavy (non-hydrogen) atoms. The van der Waals surface area contributed by atoms with Crippen molar-refractivity contribution in [1.29, 1.82) is 0 Å². The maximum atomic E-state index is 11.3. The normalized spacial score (nSPS) is 10.3. The molecule has 84 valence electrons. The van der Waals surface area contributed by atoms with Crippen LogP contribution < -0.4 is 0 Å². The third-order valence-corrected chi connectivity index (χ3v) is 2.58. The Morgan fingerprint density at radius 2 is 2.33 bits per heavy atom. The highest BCUT2D eigenvalue weighted by molar-refractivity contribution is 7.99. The predicted molar refractivity (Wildman–Crippen MR) is 54.3 cm³/mol. The van der Waals surface area contributed by atoms with E-state index in [0.717, 1.165) is 0 Å². The minimum absolute atomic E-state index is 0.00134. The van der Waals surface area contributed by atoms with Gasteiger partial charge >= 0.3 is 0 Å². The molecule has 0 radical (unpaired) electrons. The second kappa shape index (κ2) is 5.66. The molecule has 0 aliphatic rings. The number of amides is 1. The molecule has 0 saturated heterocycles. The van der Waals surface area contributed by atoms with Gasteiger partial charge in [-0.3, -0.25) is 4.79 Å². The van der Waals surface area contributed by atoms with E-state index in [1.807, 2.05) is 0 Å². The Bertz CT molecular complexity index is 327. The van der Waals surface area contributed by atoms with Crippen molar-refractivity contribution in [2.45, 2.75) is 11.7 Å². The number of tetrazole rings is 1. The summed E-state index contributed by atoms with van der Waals surface area (Å²) < 4.78 is 1.47. The van der Waals surface area contributed by atoms with Gasteiger partial charge in [0.1, 0.15) is 0 Å². The Labute approximate surface area is 91.4 Å². The number of aromatic nitrogens is 4. The molecule has 1 N–H and O–H groups in total. The first-order chi connectivity index (χ1) is 7.15. The van der Waals surface area contributed by atoms with Crippen molar-refractivity contribution in [3.8, 4) is 0 Å². The van der Waals surface area contributed by atoms with Crippen LogP contribution >= 0.6 is 11.8 Å². The zero-order valence-corrected chi connectivity index (χ0v) is 9.44. The molecule has 0 bridgehead atoms. The Balaban J connectivity index is 2.50. The summed E-state index contributed by atoms with van der Waals surface area (Å²) >= 11 is 1.25. The molecule has 8 heteroatoms. The minimum atomic E-state index is -0.0276. The maximum absolute atomic E-state index is 11.3. The molecule has 1 aromatic rings. The molecule has 0 aromatic carbocycles. The van der Waals surface area contributed by atoms with Gasteiger partial charge in [-0.15, -0.1) is 5.10 Å². The molecule has 0 fully saturated rings. The lowest BCUT2D eigenvalue weighted by molar-refractivity contribution is -0.125. The van der Waals surface area contributed by atoms with Gasteiger partial charge in [-0.2, -0.15) is 0 Å². The summed E-state index contributed by atoms with van der Waals surface area (Å²) in [5.74, 6) is 0.289. The number of carbonyl (C=O) groups is 1. The first kappa shape index (κ1) is 11.9. The lowest BCUT2D eigenvalue weighted by atomic mass is 10.6. The van der Waals surface area contributed by atoms with E-state index in [4.69, 9.17) is 5.11 Å². The Morgan fingerprint density at radius 3 is 2.93 bits per heavy atom. The van der Waals surface area contributed by atoms with Gasteiger partial charge in [0, 0.05) is 14.1 Å². The van der Waals surface area contributed by atoms with E-state index in [1.165, 1.54) is 21.3 Å². The molecular weight excluding hydrogens is 218 g/mol. The van der Waals surface area contributed by atoms with E-state index in [9.17, 15) is 4.79 Å². The smallest absolute Gasteiger partial charge is 0.232 e. The second-order valence-corrected chi connectivity index (χ2v) is 3.93. The fraction of sp³-hybridized carbons (Fsp3) is 0.714. The van der Waals surface area contributed by atoms with Crippen molar-refractivity contribution in [3.05, 3.63) is 0 Å². The third kappa shape index (κ3) is 3.48. The van der Waals surface area contributed by atoms with Crippen LogP contribution in [0.15, 0.2) is 5.16 Å². The molecule has 0 aliphatic heterocycles. The molecule has 0 atom stereocenters. The van der Waals surface area contributed by atoms with E-state index in [0.29, 0.717) is 17.5 Å². The predicted octanol–water partition coefficient (Wildman–Crippen LogP) is -1.15. The molecule has 1 heterocycles. The summed E-state index contributed by atoms with van der Waals surface area (Å²) in [6.45, 7) is 0.311. The van der Waals surface area contributed by atoms with Gasteiger partial charge < -0.3 is 10.0 Å². The summed E-state index contributed by atoms with van der Waals surface area (Å²) in [7, 11) is 3.39. The zero-order valence-electron chi connectivity index (χ0n) is 8.62. The number of aliphatic hydroxyl groups is 1. The summed E-state index contributed by atoms with van der Waals surface area (Å²) in [5, 5.41) is 20.2. The van der Waals surface area contributed by atoms with Gasteiger partial charge in [-0.1, -0.05) is 11.8 Å². The van der Waals surface area contributed by atoms with Crippen molar-refractivity contribution >= 4 is 17.7 Å². The van der Waals surface area contributed by atoms with Gasteiger partial charge in [-0.25, -0.2) is 4.68 Å². The van der Waals surface area contributed by atoms with Crippen LogP contribution in [0.2, 0.25) is 0 Å². The lowest BCUT2D eigenvalue weighted by Crippen LogP contribution is -2.23. The number of aliphatic hydroxyl groups excluding tert-OH is 1. The van der Waals surface area contributed by atoms with Gasteiger partial charge in [0.15, 0.2) is 0 Å². The summed E-state index contributed by atoms with van der Waals surface area (Å²) in [6, 6.07) is 0. The summed E-state index contributed by atoms with van der Waals surface area (Å²) in [4.78, 5) is 12.8. The number of rotatable bonds is 5. The van der Waals surface area contributed by atoms with Gasteiger partial charge in [-0.05, 0) is 10.4 Å². The van der Waals surface area contributed by atoms with Crippen LogP contribution in [0.25, 0.3) is 0 Å². The van der Waals surface area contributed by atoms with Crippen LogP contribution in [0, 0.1) is 0 Å². The Hall–Kier alpha value is -1.15. The average Bonchev–Trinajstić information content (AvgIpc) is 2.62. The van der Waals surface area contributed by atoms with Crippen molar-refractivity contribution in [3.63, 3.8) is 0 Å². The summed E-state index contributed by atoms with van der Waals surface area (Å²) in [6.07, 6.45) is 0. The van der Waals surface area contributed by atoms with Crippen LogP contribution in [0.5, 0.6) is 0 Å². The number of carbonyl (C=O) groups excluding carboxylic acids is 1. The van der Waals surface area contributed by atoms with Gasteiger partial charge in [0.25, 0.3) is 0 Å². The number of hydrogen-bond acceptors (Lipinski definition) is 6. The molecule has 1 aromatic heterocycles. The average molecular weight is 231 g/mol. The topological polar surface area (TPSA) is 84.1 Å². The van der Waals surface area contributed by atoms with Crippen LogP contribution in [0.1, 0.15) is 0 Å². The molecule has 0 aliphatic carbocycles. The molecule has 7 nitrogen and oxygen atoms in total. The second-order valence-electron chi connectivity index (χ2n) is 2.99. The highest BCUT2D eigenvalue weighted by Gasteiger charge is 2.10. The van der Waals surface area contributed by atoms with Crippen LogP contribution in [-0.4, -0.2) is 62.6 Å². The Morgan fingerprint density at radius 1 is 1.60 bits per heavy atom. The van der Waals surface area contributed by atoms with E-state index in [-0.39, 0.29) is 12.5 Å². The highest BCUT2D eigenvalue weighted by Crippen LogP contribution is 2.13. The van der Waals surface area contributed by atoms with E-state index in [2.05, 4.69) is 15.5 Å². The van der Waals surface area contributed by atoms with Crippen molar-refractivity contribution in [2.75, 3.05) is 26.5 Å². The fourth-order valence-corrected chi connectivity index (χ4v) is 1.67. The highest BCUT2D eigenvalue weighted by atomic mass is 32.2. The number of nitrogens with zero attached hydrogens (tertiary/aromatic N) is 5. The number of thioether (sulfide) groups is 1. The molecule has 1 amide bonds. The van der Waals surface area contributed by atoms with Gasteiger partial charge in [0.05, 0.1) is 18.9 Å². The van der Waals surface area contributed by atoms with Crippen LogP contribution in [0.3, 0.4) is 0 Å². The third-order valence-electron chi connectivity index (χ3n) is 1.63. The molecule has 0 saturated carbocycles. The number of hydrogen-bond donors (Lipinski definition) is 1. The lowest BCUT2D eigenvalue weighted by Gasteiger charge is -2.08. The monoisotopic (exact) mass is 231 g/mol. The van der Waals surface area contributed by atoms with E-state index < -0.39 is 0 Å². The van der Waals surface area contributed by atoms with E-state index >= 15 is 0 Å². The van der Waals surface area contributed by atoms with E-state index in [1.54, 1.807) is 14.1 Å². The standard InChI is InChI=1S/C7H13N5O2S/c1-11(2)6(14)5-15-7-8-9-10-12(7)3-4-13/h13H,3-5H2,1-2H3. The van der Waals surface area contributed by atoms with Crippen molar-refractivity contribution in [1.82, 2.24) is 25.1 Å². The van der Waals surface area contributed by atoms with Crippen LogP contribution in [0.4, 0.5) is 0 Å². The quantitative estimate of drug-likeness (QED) is 0.644. The molecular formula is C7H13N5O2S. The largest absolute Gasteiger partial charge is 0.394 e. The first-order valence-electron chi connectivity index (χ1n) is 4.35.